The molecule has 0 bridgehead atoms. The Hall–Kier alpha value is -1.07. The van der Waals surface area contributed by atoms with E-state index in [9.17, 15) is 9.90 Å². The summed E-state index contributed by atoms with van der Waals surface area (Å²) in [7, 11) is 1.50. The number of nitrogens with one attached hydrogen (secondary N) is 1. The van der Waals surface area contributed by atoms with Crippen molar-refractivity contribution in [3.63, 3.8) is 0 Å². The number of benzene rings is 1. The second-order valence-corrected chi connectivity index (χ2v) is 5.32. The Morgan fingerprint density at radius 1 is 1.50 bits per heavy atom. The number of anilines is 1. The standard InChI is InChI=1S/C13H18BrNO3/c1-9(2)13(8-18-3,12(16)17)15-11-7-5-4-6-10(11)14/h4-7,9,15H,8H2,1-3H3,(H,16,17). The minimum atomic E-state index is -1.14. The highest BCUT2D eigenvalue weighted by atomic mass is 79.9. The number of aliphatic carboxylic acids is 1. The van der Waals surface area contributed by atoms with E-state index in [4.69, 9.17) is 4.74 Å². The summed E-state index contributed by atoms with van der Waals surface area (Å²) < 4.78 is 5.91. The van der Waals surface area contributed by atoms with Gasteiger partial charge in [-0.15, -0.1) is 0 Å². The summed E-state index contributed by atoms with van der Waals surface area (Å²) in [6, 6.07) is 7.43. The molecule has 0 saturated heterocycles. The van der Waals surface area contributed by atoms with Gasteiger partial charge in [0.25, 0.3) is 0 Å². The molecule has 1 unspecified atom stereocenters. The van der Waals surface area contributed by atoms with E-state index >= 15 is 0 Å². The molecule has 5 heteroatoms. The SMILES string of the molecule is COCC(Nc1ccccc1Br)(C(=O)O)C(C)C. The molecule has 0 radical (unpaired) electrons. The zero-order chi connectivity index (χ0) is 13.8. The summed E-state index contributed by atoms with van der Waals surface area (Å²) in [5.74, 6) is -1.04. The fraction of sp³-hybridized carbons (Fsp3) is 0.462. The highest BCUT2D eigenvalue weighted by Gasteiger charge is 2.42. The number of ether oxygens (including phenoxy) is 1. The van der Waals surface area contributed by atoms with Crippen LogP contribution in [0.25, 0.3) is 0 Å². The number of hydrogen-bond acceptors (Lipinski definition) is 3. The lowest BCUT2D eigenvalue weighted by Crippen LogP contribution is -2.54. The van der Waals surface area contributed by atoms with E-state index in [0.29, 0.717) is 0 Å². The van der Waals surface area contributed by atoms with Crippen LogP contribution in [0.3, 0.4) is 0 Å². The van der Waals surface area contributed by atoms with Gasteiger partial charge in [-0.25, -0.2) is 4.79 Å². The molecule has 0 spiro atoms. The van der Waals surface area contributed by atoms with Crippen LogP contribution in [0, 0.1) is 5.92 Å². The quantitative estimate of drug-likeness (QED) is 0.847. The Labute approximate surface area is 115 Å². The Morgan fingerprint density at radius 2 is 2.11 bits per heavy atom. The first-order valence-electron chi connectivity index (χ1n) is 5.69. The van der Waals surface area contributed by atoms with E-state index in [0.717, 1.165) is 10.2 Å². The van der Waals surface area contributed by atoms with Gasteiger partial charge in [-0.05, 0) is 34.0 Å². The number of carbonyl (C=O) groups is 1. The molecule has 100 valence electrons. The summed E-state index contributed by atoms with van der Waals surface area (Å²) in [5.41, 5.74) is -0.399. The lowest BCUT2D eigenvalue weighted by Gasteiger charge is -2.34. The van der Waals surface area contributed by atoms with Crippen molar-refractivity contribution < 1.29 is 14.6 Å². The van der Waals surface area contributed by atoms with E-state index in [1.807, 2.05) is 38.1 Å². The molecule has 0 aliphatic rings. The second kappa shape index (κ2) is 6.20. The molecule has 18 heavy (non-hydrogen) atoms. The summed E-state index contributed by atoms with van der Waals surface area (Å²) in [4.78, 5) is 11.6. The molecule has 1 aromatic carbocycles. The summed E-state index contributed by atoms with van der Waals surface area (Å²) >= 11 is 3.40. The Morgan fingerprint density at radius 3 is 2.56 bits per heavy atom. The molecule has 0 heterocycles. The van der Waals surface area contributed by atoms with Crippen LogP contribution >= 0.6 is 15.9 Å². The van der Waals surface area contributed by atoms with E-state index in [1.165, 1.54) is 7.11 Å². The van der Waals surface area contributed by atoms with Crippen molar-refractivity contribution in [1.29, 1.82) is 0 Å². The van der Waals surface area contributed by atoms with Gasteiger partial charge in [-0.1, -0.05) is 26.0 Å². The van der Waals surface area contributed by atoms with E-state index in [2.05, 4.69) is 21.2 Å². The van der Waals surface area contributed by atoms with Crippen LogP contribution in [-0.4, -0.2) is 30.3 Å². The number of carboxylic acid groups (broad SMARTS) is 1. The molecule has 0 saturated carbocycles. The maximum absolute atomic E-state index is 11.6. The van der Waals surface area contributed by atoms with Gasteiger partial charge in [0.1, 0.15) is 0 Å². The Balaban J connectivity index is 3.12. The van der Waals surface area contributed by atoms with Gasteiger partial charge < -0.3 is 15.2 Å². The molecular formula is C13H18BrNO3. The molecular weight excluding hydrogens is 298 g/mol. The summed E-state index contributed by atoms with van der Waals surface area (Å²) in [6.07, 6.45) is 0. The van der Waals surface area contributed by atoms with Crippen molar-refractivity contribution in [3.05, 3.63) is 28.7 Å². The summed E-state index contributed by atoms with van der Waals surface area (Å²) in [5, 5.41) is 12.6. The molecule has 0 aliphatic heterocycles. The maximum Gasteiger partial charge on any atom is 0.332 e. The highest BCUT2D eigenvalue weighted by molar-refractivity contribution is 9.10. The van der Waals surface area contributed by atoms with Gasteiger partial charge in [0, 0.05) is 17.3 Å². The van der Waals surface area contributed by atoms with Gasteiger partial charge in [0.2, 0.25) is 0 Å². The second-order valence-electron chi connectivity index (χ2n) is 4.47. The molecule has 0 fully saturated rings. The van der Waals surface area contributed by atoms with Crippen molar-refractivity contribution in [2.24, 2.45) is 5.92 Å². The van der Waals surface area contributed by atoms with Crippen LogP contribution in [0.15, 0.2) is 28.7 Å². The largest absolute Gasteiger partial charge is 0.479 e. The van der Waals surface area contributed by atoms with Crippen molar-refractivity contribution in [3.8, 4) is 0 Å². The first kappa shape index (κ1) is 15.0. The molecule has 0 aromatic heterocycles. The van der Waals surface area contributed by atoms with Crippen LogP contribution in [-0.2, 0) is 9.53 Å². The van der Waals surface area contributed by atoms with Crippen molar-refractivity contribution in [2.75, 3.05) is 19.0 Å². The zero-order valence-electron chi connectivity index (χ0n) is 10.7. The summed E-state index contributed by atoms with van der Waals surface area (Å²) in [6.45, 7) is 3.81. The van der Waals surface area contributed by atoms with Gasteiger partial charge in [0.15, 0.2) is 5.54 Å². The number of halogens is 1. The highest BCUT2D eigenvalue weighted by Crippen LogP contribution is 2.29. The molecule has 2 N–H and O–H groups in total. The van der Waals surface area contributed by atoms with Crippen molar-refractivity contribution >= 4 is 27.6 Å². The topological polar surface area (TPSA) is 58.6 Å². The van der Waals surface area contributed by atoms with Crippen LogP contribution in [0.1, 0.15) is 13.8 Å². The first-order valence-corrected chi connectivity index (χ1v) is 6.48. The fourth-order valence-corrected chi connectivity index (χ4v) is 2.12. The number of methoxy groups -OCH3 is 1. The minimum Gasteiger partial charge on any atom is -0.479 e. The average molecular weight is 316 g/mol. The van der Waals surface area contributed by atoms with Crippen molar-refractivity contribution in [2.45, 2.75) is 19.4 Å². The van der Waals surface area contributed by atoms with Gasteiger partial charge in [-0.3, -0.25) is 0 Å². The van der Waals surface area contributed by atoms with E-state index < -0.39 is 11.5 Å². The van der Waals surface area contributed by atoms with Gasteiger partial charge in [0.05, 0.1) is 6.61 Å². The molecule has 1 rings (SSSR count). The van der Waals surface area contributed by atoms with Crippen LogP contribution < -0.4 is 5.32 Å². The third kappa shape index (κ3) is 3.03. The molecule has 0 aliphatic carbocycles. The fourth-order valence-electron chi connectivity index (χ4n) is 1.74. The minimum absolute atomic E-state index is 0.0985. The van der Waals surface area contributed by atoms with Crippen LogP contribution in [0.2, 0.25) is 0 Å². The monoisotopic (exact) mass is 315 g/mol. The predicted octanol–water partition coefficient (Wildman–Crippen LogP) is 2.99. The molecule has 4 nitrogen and oxygen atoms in total. The normalized spacial score (nSPS) is 14.3. The Kier molecular flexibility index (Phi) is 5.16. The van der Waals surface area contributed by atoms with Gasteiger partial charge in [-0.2, -0.15) is 0 Å². The third-order valence-electron chi connectivity index (χ3n) is 2.97. The zero-order valence-corrected chi connectivity index (χ0v) is 12.3. The van der Waals surface area contributed by atoms with Gasteiger partial charge >= 0.3 is 5.97 Å². The number of carboxylic acids is 1. The average Bonchev–Trinajstić information content (AvgIpc) is 2.30. The lowest BCUT2D eigenvalue weighted by molar-refractivity contribution is -0.146. The molecule has 1 aromatic rings. The first-order chi connectivity index (χ1) is 8.44. The van der Waals surface area contributed by atoms with Crippen LogP contribution in [0.5, 0.6) is 0 Å². The third-order valence-corrected chi connectivity index (χ3v) is 3.66. The predicted molar refractivity (Wildman–Crippen MR) is 74.8 cm³/mol. The molecule has 0 amide bonds. The number of para-hydroxylation sites is 1. The van der Waals surface area contributed by atoms with Crippen molar-refractivity contribution in [1.82, 2.24) is 0 Å². The lowest BCUT2D eigenvalue weighted by atomic mass is 9.86. The maximum atomic E-state index is 11.6. The number of rotatable bonds is 6. The molecule has 1 atom stereocenters. The Bertz CT molecular complexity index is 422. The van der Waals surface area contributed by atoms with Crippen LogP contribution in [0.4, 0.5) is 5.69 Å². The van der Waals surface area contributed by atoms with E-state index in [1.54, 1.807) is 0 Å². The smallest absolute Gasteiger partial charge is 0.332 e. The van der Waals surface area contributed by atoms with E-state index in [-0.39, 0.29) is 12.5 Å². The number of hydrogen-bond donors (Lipinski definition) is 2.